The summed E-state index contributed by atoms with van der Waals surface area (Å²) in [6.07, 6.45) is 0.159. The molecule has 20 heavy (non-hydrogen) atoms. The minimum atomic E-state index is -1.29. The first-order chi connectivity index (χ1) is 9.28. The molecule has 1 aromatic rings. The van der Waals surface area contributed by atoms with Crippen LogP contribution in [-0.2, 0) is 25.5 Å². The molecule has 0 radical (unpaired) electrons. The molecule has 0 saturated carbocycles. The second-order valence-electron chi connectivity index (χ2n) is 5.00. The fraction of sp³-hybridized carbons (Fsp3) is 0.357. The second-order valence-corrected chi connectivity index (χ2v) is 5.44. The minimum absolute atomic E-state index is 0.0576. The van der Waals surface area contributed by atoms with Crippen LogP contribution in [0.25, 0.3) is 0 Å². The van der Waals surface area contributed by atoms with Gasteiger partial charge in [-0.05, 0) is 17.7 Å². The summed E-state index contributed by atoms with van der Waals surface area (Å²) in [6, 6.07) is 6.84. The smallest absolute Gasteiger partial charge is 0.329 e. The maximum atomic E-state index is 11.8. The zero-order valence-electron chi connectivity index (χ0n) is 11.1. The number of benzene rings is 1. The zero-order chi connectivity index (χ0) is 14.9. The molecule has 1 heterocycles. The fourth-order valence-electron chi connectivity index (χ4n) is 1.93. The van der Waals surface area contributed by atoms with E-state index >= 15 is 0 Å². The summed E-state index contributed by atoms with van der Waals surface area (Å²) >= 11 is 5.77. The summed E-state index contributed by atoms with van der Waals surface area (Å²) in [5.41, 5.74) is 0.725. The van der Waals surface area contributed by atoms with Crippen molar-refractivity contribution in [3.8, 4) is 0 Å². The van der Waals surface area contributed by atoms with Gasteiger partial charge in [0, 0.05) is 31.0 Å². The van der Waals surface area contributed by atoms with E-state index in [1.807, 2.05) is 0 Å². The van der Waals surface area contributed by atoms with Crippen LogP contribution in [0.1, 0.15) is 19.4 Å². The van der Waals surface area contributed by atoms with Crippen LogP contribution >= 0.6 is 11.6 Å². The van der Waals surface area contributed by atoms with Crippen LogP contribution in [0, 0.1) is 11.3 Å². The van der Waals surface area contributed by atoms with Gasteiger partial charge in [-0.15, -0.1) is 0 Å². The maximum absolute atomic E-state index is 11.8. The van der Waals surface area contributed by atoms with Crippen molar-refractivity contribution in [3.05, 3.63) is 34.9 Å². The summed E-state index contributed by atoms with van der Waals surface area (Å²) in [7, 11) is 0. The van der Waals surface area contributed by atoms with E-state index in [-0.39, 0.29) is 12.1 Å². The molecule has 0 spiro atoms. The van der Waals surface area contributed by atoms with Crippen molar-refractivity contribution in [1.29, 1.82) is 5.41 Å². The largest absolute Gasteiger partial charge is 0.422 e. The first-order valence-electron chi connectivity index (χ1n) is 6.06. The molecule has 6 heteroatoms. The fourth-order valence-corrected chi connectivity index (χ4v) is 2.05. The number of nitrogens with one attached hydrogen (secondary N) is 1. The zero-order valence-corrected chi connectivity index (χ0v) is 11.9. The third-order valence-electron chi connectivity index (χ3n) is 2.82. The lowest BCUT2D eigenvalue weighted by Gasteiger charge is -2.33. The average Bonchev–Trinajstić information content (AvgIpc) is 2.29. The number of rotatable bonds is 3. The molecular weight excluding hydrogens is 282 g/mol. The Kier molecular flexibility index (Phi) is 3.81. The molecule has 0 aromatic heterocycles. The number of carbonyl (C=O) groups is 2. The highest BCUT2D eigenvalue weighted by molar-refractivity contribution is 6.30. The third kappa shape index (κ3) is 3.17. The maximum Gasteiger partial charge on any atom is 0.329 e. The van der Waals surface area contributed by atoms with Gasteiger partial charge in [0.1, 0.15) is 0 Å². The molecule has 106 valence electrons. The Morgan fingerprint density at radius 3 is 2.20 bits per heavy atom. The van der Waals surface area contributed by atoms with E-state index in [0.29, 0.717) is 5.02 Å². The van der Waals surface area contributed by atoms with Gasteiger partial charge in [-0.1, -0.05) is 23.7 Å². The van der Waals surface area contributed by atoms with Gasteiger partial charge in [-0.2, -0.15) is 0 Å². The van der Waals surface area contributed by atoms with Crippen molar-refractivity contribution < 1.29 is 19.1 Å². The van der Waals surface area contributed by atoms with Gasteiger partial charge in [-0.25, -0.2) is 0 Å². The predicted molar refractivity (Wildman–Crippen MR) is 72.6 cm³/mol. The number of esters is 2. The van der Waals surface area contributed by atoms with E-state index in [1.54, 1.807) is 24.3 Å². The van der Waals surface area contributed by atoms with Gasteiger partial charge in [0.15, 0.2) is 5.92 Å². The van der Waals surface area contributed by atoms with E-state index in [2.05, 4.69) is 0 Å². The SMILES string of the molecule is CC1(C)OC(=O)C(C(=N)Cc2ccc(Cl)cc2)C(=O)O1. The highest BCUT2D eigenvalue weighted by Gasteiger charge is 2.45. The molecule has 2 rings (SSSR count). The summed E-state index contributed by atoms with van der Waals surface area (Å²) in [6.45, 7) is 2.95. The number of cyclic esters (lactones) is 2. The van der Waals surface area contributed by atoms with Crippen LogP contribution in [-0.4, -0.2) is 23.4 Å². The molecule has 1 N–H and O–H groups in total. The molecule has 1 saturated heterocycles. The molecule has 0 unspecified atom stereocenters. The van der Waals surface area contributed by atoms with Gasteiger partial charge in [0.2, 0.25) is 0 Å². The lowest BCUT2D eigenvalue weighted by molar-refractivity contribution is -0.235. The van der Waals surface area contributed by atoms with E-state index in [1.165, 1.54) is 13.8 Å². The number of carbonyl (C=O) groups excluding carboxylic acids is 2. The number of ether oxygens (including phenoxy) is 2. The van der Waals surface area contributed by atoms with Gasteiger partial charge >= 0.3 is 11.9 Å². The number of hydrogen-bond donors (Lipinski definition) is 1. The van der Waals surface area contributed by atoms with Gasteiger partial charge in [0.25, 0.3) is 5.79 Å². The Bertz CT molecular complexity index is 545. The summed E-state index contributed by atoms with van der Waals surface area (Å²) < 4.78 is 9.98. The van der Waals surface area contributed by atoms with Crippen LogP contribution in [0.5, 0.6) is 0 Å². The first kappa shape index (κ1) is 14.5. The van der Waals surface area contributed by atoms with Crippen LogP contribution in [0.2, 0.25) is 5.02 Å². The monoisotopic (exact) mass is 295 g/mol. The molecule has 0 atom stereocenters. The van der Waals surface area contributed by atoms with Gasteiger partial charge < -0.3 is 14.9 Å². The predicted octanol–water partition coefficient (Wildman–Crippen LogP) is 2.35. The summed E-state index contributed by atoms with van der Waals surface area (Å²) in [4.78, 5) is 23.6. The molecule has 1 aliphatic rings. The van der Waals surface area contributed by atoms with E-state index in [0.717, 1.165) is 5.56 Å². The Morgan fingerprint density at radius 2 is 1.70 bits per heavy atom. The second kappa shape index (κ2) is 5.25. The number of halogens is 1. The molecule has 1 fully saturated rings. The van der Waals surface area contributed by atoms with E-state index < -0.39 is 23.6 Å². The normalized spacial score (nSPS) is 18.4. The summed E-state index contributed by atoms with van der Waals surface area (Å²) in [5, 5.41) is 8.51. The Morgan fingerprint density at radius 1 is 1.20 bits per heavy atom. The first-order valence-corrected chi connectivity index (χ1v) is 6.44. The van der Waals surface area contributed by atoms with Crippen LogP contribution in [0.4, 0.5) is 0 Å². The lowest BCUT2D eigenvalue weighted by atomic mass is 9.96. The summed E-state index contributed by atoms with van der Waals surface area (Å²) in [5.74, 6) is -4.06. The molecule has 0 bridgehead atoms. The standard InChI is InChI=1S/C14H14ClNO4/c1-14(2)19-12(17)11(13(18)20-14)10(16)7-8-3-5-9(15)6-4-8/h3-6,11,16H,7H2,1-2H3. The Balaban J connectivity index is 2.11. The quantitative estimate of drug-likeness (QED) is 0.527. The van der Waals surface area contributed by atoms with Crippen molar-refractivity contribution in [2.24, 2.45) is 5.92 Å². The highest BCUT2D eigenvalue weighted by atomic mass is 35.5. The van der Waals surface area contributed by atoms with Crippen molar-refractivity contribution in [2.45, 2.75) is 26.1 Å². The van der Waals surface area contributed by atoms with Crippen molar-refractivity contribution >= 4 is 29.3 Å². The van der Waals surface area contributed by atoms with Crippen LogP contribution in [0.15, 0.2) is 24.3 Å². The Labute approximate surface area is 121 Å². The molecule has 1 aromatic carbocycles. The van der Waals surface area contributed by atoms with Crippen molar-refractivity contribution in [3.63, 3.8) is 0 Å². The van der Waals surface area contributed by atoms with Gasteiger partial charge in [0.05, 0.1) is 0 Å². The molecular formula is C14H14ClNO4. The average molecular weight is 296 g/mol. The molecule has 0 aliphatic carbocycles. The molecule has 0 amide bonds. The highest BCUT2D eigenvalue weighted by Crippen LogP contribution is 2.24. The lowest BCUT2D eigenvalue weighted by Crippen LogP contribution is -2.49. The number of hydrogen-bond acceptors (Lipinski definition) is 5. The van der Waals surface area contributed by atoms with Crippen molar-refractivity contribution in [1.82, 2.24) is 0 Å². The van der Waals surface area contributed by atoms with Crippen LogP contribution in [0.3, 0.4) is 0 Å². The topological polar surface area (TPSA) is 76.5 Å². The third-order valence-corrected chi connectivity index (χ3v) is 3.07. The van der Waals surface area contributed by atoms with Crippen LogP contribution < -0.4 is 0 Å². The van der Waals surface area contributed by atoms with E-state index in [4.69, 9.17) is 26.5 Å². The van der Waals surface area contributed by atoms with Gasteiger partial charge in [-0.3, -0.25) is 9.59 Å². The minimum Gasteiger partial charge on any atom is -0.422 e. The van der Waals surface area contributed by atoms with Crippen molar-refractivity contribution in [2.75, 3.05) is 0 Å². The molecule has 1 aliphatic heterocycles. The Hall–Kier alpha value is -1.88. The molecule has 5 nitrogen and oxygen atoms in total. The van der Waals surface area contributed by atoms with E-state index in [9.17, 15) is 9.59 Å².